The van der Waals surface area contributed by atoms with Gasteiger partial charge in [0, 0.05) is 30.2 Å². The van der Waals surface area contributed by atoms with Crippen LogP contribution in [0.4, 0.5) is 4.79 Å². The van der Waals surface area contributed by atoms with Gasteiger partial charge in [0.1, 0.15) is 17.9 Å². The molecule has 2 aliphatic rings. The standard InChI is InChI=1S/C12H14ClNO4.C11H20N2O3.C6H12.C2H6/c1-2-17-12(16)7-18-11-4-3-10(13)5-9(11)6-14-8-15;1-11(2,3)16-10(15)12-8-9(14)13-6-4-5-7-13;1-2-4-6-5-3-1;1-2/h3-5,8H,2,6-7H2,1H3,(H,14,15);4-8H2,1-3H3,(H,12,15);1-6H2;1-2H3. The number of esters is 1. The van der Waals surface area contributed by atoms with Crippen LogP contribution in [0.1, 0.15) is 98.5 Å². The summed E-state index contributed by atoms with van der Waals surface area (Å²) < 4.78 is 15.1. The summed E-state index contributed by atoms with van der Waals surface area (Å²) in [6, 6.07) is 4.95. The number of amides is 3. The molecule has 11 heteroatoms. The summed E-state index contributed by atoms with van der Waals surface area (Å²) in [7, 11) is 0. The lowest BCUT2D eigenvalue weighted by Gasteiger charge is -2.20. The molecule has 1 aliphatic carbocycles. The number of carbonyl (C=O) groups is 4. The van der Waals surface area contributed by atoms with E-state index < -0.39 is 17.7 Å². The van der Waals surface area contributed by atoms with Crippen LogP contribution in [-0.4, -0.2) is 67.7 Å². The third kappa shape index (κ3) is 20.0. The quantitative estimate of drug-likeness (QED) is 0.257. The van der Waals surface area contributed by atoms with E-state index in [9.17, 15) is 19.2 Å². The lowest BCUT2D eigenvalue weighted by Crippen LogP contribution is -2.40. The molecule has 1 aliphatic heterocycles. The van der Waals surface area contributed by atoms with Crippen LogP contribution in [0, 0.1) is 0 Å². The van der Waals surface area contributed by atoms with Crippen molar-refractivity contribution in [1.29, 1.82) is 0 Å². The van der Waals surface area contributed by atoms with Gasteiger partial charge in [-0.15, -0.1) is 0 Å². The summed E-state index contributed by atoms with van der Waals surface area (Å²) >= 11 is 5.84. The second kappa shape index (κ2) is 23.5. The first-order chi connectivity index (χ1) is 20.1. The molecular formula is C31H52ClN3O7. The number of rotatable bonds is 9. The topological polar surface area (TPSA) is 123 Å². The summed E-state index contributed by atoms with van der Waals surface area (Å²) in [5, 5.41) is 5.50. The van der Waals surface area contributed by atoms with Gasteiger partial charge in [-0.05, 0) is 58.7 Å². The lowest BCUT2D eigenvalue weighted by atomic mass is 10.0. The van der Waals surface area contributed by atoms with E-state index in [1.54, 1.807) is 50.8 Å². The van der Waals surface area contributed by atoms with Crippen LogP contribution in [0.15, 0.2) is 18.2 Å². The summed E-state index contributed by atoms with van der Waals surface area (Å²) in [4.78, 5) is 46.0. The Kier molecular flexibility index (Phi) is 21.9. The molecule has 0 atom stereocenters. The number of halogens is 1. The molecule has 240 valence electrons. The van der Waals surface area contributed by atoms with Gasteiger partial charge in [0.2, 0.25) is 12.3 Å². The number of likely N-dealkylation sites (tertiary alicyclic amines) is 1. The minimum Gasteiger partial charge on any atom is -0.482 e. The van der Waals surface area contributed by atoms with Gasteiger partial charge >= 0.3 is 12.1 Å². The van der Waals surface area contributed by atoms with Crippen molar-refractivity contribution in [3.05, 3.63) is 28.8 Å². The van der Waals surface area contributed by atoms with Gasteiger partial charge in [-0.25, -0.2) is 9.59 Å². The number of hydrogen-bond donors (Lipinski definition) is 2. The number of nitrogens with zero attached hydrogens (tertiary/aromatic N) is 1. The van der Waals surface area contributed by atoms with Gasteiger partial charge in [0.25, 0.3) is 0 Å². The molecule has 2 fully saturated rings. The van der Waals surface area contributed by atoms with Crippen molar-refractivity contribution in [2.45, 2.75) is 105 Å². The first kappa shape index (κ1) is 39.0. The SMILES string of the molecule is C1CCCCC1.CC.CC(C)(C)OC(=O)NCC(=O)N1CCCC1.CCOC(=O)COc1ccc(Cl)cc1CNC=O. The van der Waals surface area contributed by atoms with Crippen molar-refractivity contribution in [1.82, 2.24) is 15.5 Å². The molecule has 0 unspecified atom stereocenters. The van der Waals surface area contributed by atoms with Crippen molar-refractivity contribution >= 4 is 36.0 Å². The number of ether oxygens (including phenoxy) is 3. The molecule has 42 heavy (non-hydrogen) atoms. The number of alkyl carbamates (subject to hydrolysis) is 1. The van der Waals surface area contributed by atoms with Crippen molar-refractivity contribution in [3.63, 3.8) is 0 Å². The molecule has 2 N–H and O–H groups in total. The number of carbonyl (C=O) groups excluding carboxylic acids is 4. The van der Waals surface area contributed by atoms with Crippen molar-refractivity contribution in [2.24, 2.45) is 0 Å². The van der Waals surface area contributed by atoms with Gasteiger partial charge in [-0.3, -0.25) is 9.59 Å². The van der Waals surface area contributed by atoms with E-state index in [0.717, 1.165) is 25.9 Å². The van der Waals surface area contributed by atoms with Gasteiger partial charge in [0.15, 0.2) is 6.61 Å². The van der Waals surface area contributed by atoms with Crippen molar-refractivity contribution < 1.29 is 33.4 Å². The highest BCUT2D eigenvalue weighted by atomic mass is 35.5. The van der Waals surface area contributed by atoms with Crippen LogP contribution in [-0.2, 0) is 30.4 Å². The minimum absolute atomic E-state index is 0.0227. The van der Waals surface area contributed by atoms with E-state index in [0.29, 0.717) is 29.4 Å². The Balaban J connectivity index is 0.000000638. The average molecular weight is 614 g/mol. The molecule has 1 aromatic rings. The van der Waals surface area contributed by atoms with E-state index in [1.165, 1.54) is 38.5 Å². The van der Waals surface area contributed by atoms with E-state index in [1.807, 2.05) is 13.8 Å². The molecule has 0 aromatic heterocycles. The highest BCUT2D eigenvalue weighted by Crippen LogP contribution is 2.23. The molecular weight excluding hydrogens is 562 g/mol. The largest absolute Gasteiger partial charge is 0.482 e. The maximum atomic E-state index is 11.6. The van der Waals surface area contributed by atoms with Gasteiger partial charge < -0.3 is 29.7 Å². The highest BCUT2D eigenvalue weighted by Gasteiger charge is 2.20. The third-order valence-electron chi connectivity index (χ3n) is 5.79. The van der Waals surface area contributed by atoms with Gasteiger partial charge in [0.05, 0.1) is 6.61 Å². The zero-order valence-corrected chi connectivity index (χ0v) is 27.1. The molecule has 0 radical (unpaired) electrons. The van der Waals surface area contributed by atoms with E-state index in [4.69, 9.17) is 25.8 Å². The van der Waals surface area contributed by atoms with Crippen LogP contribution in [0.5, 0.6) is 5.75 Å². The first-order valence-corrected chi connectivity index (χ1v) is 15.4. The smallest absolute Gasteiger partial charge is 0.408 e. The Bertz CT molecular complexity index is 901. The van der Waals surface area contributed by atoms with Crippen LogP contribution >= 0.6 is 11.6 Å². The van der Waals surface area contributed by atoms with E-state index in [2.05, 4.69) is 10.6 Å². The molecule has 3 rings (SSSR count). The van der Waals surface area contributed by atoms with Gasteiger partial charge in [-0.1, -0.05) is 64.0 Å². The van der Waals surface area contributed by atoms with Crippen LogP contribution in [0.3, 0.4) is 0 Å². The van der Waals surface area contributed by atoms with E-state index in [-0.39, 0.29) is 25.6 Å². The van der Waals surface area contributed by atoms with Gasteiger partial charge in [-0.2, -0.15) is 0 Å². The summed E-state index contributed by atoms with van der Waals surface area (Å²) in [5.74, 6) is 0.00640. The zero-order valence-electron chi connectivity index (χ0n) is 26.4. The average Bonchev–Trinajstić information content (AvgIpc) is 3.52. The number of nitrogens with one attached hydrogen (secondary N) is 2. The molecule has 1 aromatic carbocycles. The molecule has 0 spiro atoms. The Morgan fingerprint density at radius 2 is 1.55 bits per heavy atom. The monoisotopic (exact) mass is 613 g/mol. The lowest BCUT2D eigenvalue weighted by molar-refractivity contribution is -0.145. The van der Waals surface area contributed by atoms with Crippen molar-refractivity contribution in [3.8, 4) is 5.75 Å². The summed E-state index contributed by atoms with van der Waals surface area (Å²) in [6.07, 6.45) is 11.1. The van der Waals surface area contributed by atoms with E-state index >= 15 is 0 Å². The maximum absolute atomic E-state index is 11.6. The number of benzene rings is 1. The summed E-state index contributed by atoms with van der Waals surface area (Å²) in [5.41, 5.74) is 0.166. The van der Waals surface area contributed by atoms with Crippen LogP contribution in [0.25, 0.3) is 0 Å². The summed E-state index contributed by atoms with van der Waals surface area (Å²) in [6.45, 7) is 13.1. The Hall–Kier alpha value is -3.01. The number of hydrogen-bond acceptors (Lipinski definition) is 7. The Morgan fingerprint density at radius 1 is 0.976 bits per heavy atom. The predicted octanol–water partition coefficient (Wildman–Crippen LogP) is 6.03. The molecule has 1 saturated heterocycles. The highest BCUT2D eigenvalue weighted by molar-refractivity contribution is 6.30. The Labute approximate surface area is 257 Å². The Morgan fingerprint density at radius 3 is 2.05 bits per heavy atom. The molecule has 3 amide bonds. The molecule has 1 saturated carbocycles. The fourth-order valence-electron chi connectivity index (χ4n) is 3.92. The predicted molar refractivity (Wildman–Crippen MR) is 166 cm³/mol. The van der Waals surface area contributed by atoms with Crippen LogP contribution in [0.2, 0.25) is 5.02 Å². The van der Waals surface area contributed by atoms with Crippen LogP contribution < -0.4 is 15.4 Å². The van der Waals surface area contributed by atoms with Crippen molar-refractivity contribution in [2.75, 3.05) is 32.8 Å². The second-order valence-corrected chi connectivity index (χ2v) is 10.8. The molecule has 1 heterocycles. The zero-order chi connectivity index (χ0) is 31.8. The molecule has 0 bridgehead atoms. The second-order valence-electron chi connectivity index (χ2n) is 10.4. The molecule has 10 nitrogen and oxygen atoms in total. The fourth-order valence-corrected chi connectivity index (χ4v) is 4.11. The third-order valence-corrected chi connectivity index (χ3v) is 6.03. The normalized spacial score (nSPS) is 13.8. The fraction of sp³-hybridized carbons (Fsp3) is 0.677. The minimum atomic E-state index is -0.542. The maximum Gasteiger partial charge on any atom is 0.408 e. The first-order valence-electron chi connectivity index (χ1n) is 15.0.